The number of benzene rings is 1. The van der Waals surface area contributed by atoms with Crippen LogP contribution in [-0.4, -0.2) is 39.7 Å². The number of aromatic nitrogens is 3. The molecule has 3 aromatic rings. The summed E-state index contributed by atoms with van der Waals surface area (Å²) in [5, 5.41) is 2.96. The summed E-state index contributed by atoms with van der Waals surface area (Å²) in [7, 11) is 0. The third-order valence-electron chi connectivity index (χ3n) is 5.19. The molecule has 7 heteroatoms. The van der Waals surface area contributed by atoms with Crippen LogP contribution in [0.2, 0.25) is 0 Å². The lowest BCUT2D eigenvalue weighted by Crippen LogP contribution is -2.31. The number of imidazole rings is 1. The Morgan fingerprint density at radius 2 is 2.14 bits per heavy atom. The van der Waals surface area contributed by atoms with Crippen LogP contribution in [0.1, 0.15) is 37.1 Å². The van der Waals surface area contributed by atoms with Crippen molar-refractivity contribution in [3.63, 3.8) is 0 Å². The molecule has 2 aromatic heterocycles. The number of rotatable bonds is 8. The zero-order valence-corrected chi connectivity index (χ0v) is 16.3. The molecule has 1 fully saturated rings. The van der Waals surface area contributed by atoms with Crippen LogP contribution in [0.4, 0.5) is 4.39 Å². The van der Waals surface area contributed by atoms with E-state index in [1.165, 1.54) is 12.1 Å². The van der Waals surface area contributed by atoms with Crippen LogP contribution >= 0.6 is 0 Å². The highest BCUT2D eigenvalue weighted by molar-refractivity contribution is 5.76. The van der Waals surface area contributed by atoms with Gasteiger partial charge in [-0.15, -0.1) is 0 Å². The Morgan fingerprint density at radius 1 is 1.28 bits per heavy atom. The minimum atomic E-state index is -0.253. The van der Waals surface area contributed by atoms with Gasteiger partial charge in [-0.3, -0.25) is 4.79 Å². The van der Waals surface area contributed by atoms with E-state index < -0.39 is 0 Å². The van der Waals surface area contributed by atoms with Crippen LogP contribution in [0.25, 0.3) is 11.2 Å². The Hall–Kier alpha value is -2.80. The molecule has 0 spiro atoms. The van der Waals surface area contributed by atoms with Gasteiger partial charge in [0, 0.05) is 32.2 Å². The fraction of sp³-hybridized carbons (Fsp3) is 0.409. The van der Waals surface area contributed by atoms with E-state index in [4.69, 9.17) is 9.72 Å². The molecular formula is C22H25FN4O2. The molecule has 1 atom stereocenters. The van der Waals surface area contributed by atoms with Crippen molar-refractivity contribution >= 4 is 17.1 Å². The van der Waals surface area contributed by atoms with Gasteiger partial charge in [-0.05, 0) is 49.1 Å². The largest absolute Gasteiger partial charge is 0.376 e. The Morgan fingerprint density at radius 3 is 2.93 bits per heavy atom. The highest BCUT2D eigenvalue weighted by atomic mass is 19.1. The Labute approximate surface area is 169 Å². The van der Waals surface area contributed by atoms with Gasteiger partial charge in [0.1, 0.15) is 17.2 Å². The molecule has 1 saturated heterocycles. The van der Waals surface area contributed by atoms with Gasteiger partial charge in [0.25, 0.3) is 0 Å². The third-order valence-corrected chi connectivity index (χ3v) is 5.19. The average molecular weight is 396 g/mol. The van der Waals surface area contributed by atoms with Crippen LogP contribution < -0.4 is 5.32 Å². The van der Waals surface area contributed by atoms with Crippen molar-refractivity contribution in [2.45, 2.75) is 44.8 Å². The first-order valence-corrected chi connectivity index (χ1v) is 10.1. The zero-order valence-electron chi connectivity index (χ0n) is 16.3. The minimum absolute atomic E-state index is 0.0415. The number of nitrogens with zero attached hydrogens (tertiary/aromatic N) is 3. The number of hydrogen-bond acceptors (Lipinski definition) is 4. The van der Waals surface area contributed by atoms with E-state index in [0.29, 0.717) is 32.4 Å². The third kappa shape index (κ3) is 4.98. The summed E-state index contributed by atoms with van der Waals surface area (Å²) in [6, 6.07) is 10.2. The van der Waals surface area contributed by atoms with E-state index >= 15 is 0 Å². The first-order valence-electron chi connectivity index (χ1n) is 10.1. The fourth-order valence-corrected chi connectivity index (χ4v) is 3.66. The van der Waals surface area contributed by atoms with E-state index in [1.54, 1.807) is 18.3 Å². The molecule has 0 unspecified atom stereocenters. The molecule has 6 nitrogen and oxygen atoms in total. The predicted molar refractivity (Wildman–Crippen MR) is 108 cm³/mol. The summed E-state index contributed by atoms with van der Waals surface area (Å²) >= 11 is 0. The molecule has 1 aliphatic rings. The normalized spacial score (nSPS) is 16.4. The first-order chi connectivity index (χ1) is 14.2. The maximum atomic E-state index is 13.2. The number of amides is 1. The smallest absolute Gasteiger partial charge is 0.220 e. The number of aryl methyl sites for hydroxylation is 1. The van der Waals surface area contributed by atoms with Crippen LogP contribution in [0.5, 0.6) is 0 Å². The van der Waals surface area contributed by atoms with Gasteiger partial charge in [0.05, 0.1) is 12.6 Å². The molecule has 1 aliphatic heterocycles. The second kappa shape index (κ2) is 9.13. The van der Waals surface area contributed by atoms with Crippen molar-refractivity contribution in [3.8, 4) is 0 Å². The molecule has 0 aliphatic carbocycles. The number of hydrogen-bond donors (Lipinski definition) is 1. The zero-order chi connectivity index (χ0) is 20.1. The van der Waals surface area contributed by atoms with Gasteiger partial charge >= 0.3 is 0 Å². The Bertz CT molecular complexity index is 965. The predicted octanol–water partition coefficient (Wildman–Crippen LogP) is 3.24. The summed E-state index contributed by atoms with van der Waals surface area (Å²) in [5.41, 5.74) is 2.61. The van der Waals surface area contributed by atoms with Crippen molar-refractivity contribution in [2.24, 2.45) is 0 Å². The van der Waals surface area contributed by atoms with Crippen molar-refractivity contribution in [1.82, 2.24) is 19.9 Å². The highest BCUT2D eigenvalue weighted by Crippen LogP contribution is 2.18. The summed E-state index contributed by atoms with van der Waals surface area (Å²) in [6.07, 6.45) is 5.80. The highest BCUT2D eigenvalue weighted by Gasteiger charge is 2.16. The van der Waals surface area contributed by atoms with Gasteiger partial charge in [-0.2, -0.15) is 0 Å². The monoisotopic (exact) mass is 396 g/mol. The molecule has 1 aromatic carbocycles. The maximum Gasteiger partial charge on any atom is 0.220 e. The summed E-state index contributed by atoms with van der Waals surface area (Å²) in [5.74, 6) is 0.673. The molecule has 152 valence electrons. The van der Waals surface area contributed by atoms with Crippen LogP contribution in [0, 0.1) is 5.82 Å². The van der Waals surface area contributed by atoms with Gasteiger partial charge in [0.15, 0.2) is 5.65 Å². The number of ether oxygens (including phenoxy) is 1. The number of fused-ring (bicyclic) bond motifs is 1. The summed E-state index contributed by atoms with van der Waals surface area (Å²) in [6.45, 7) is 1.94. The second-order valence-corrected chi connectivity index (χ2v) is 7.38. The van der Waals surface area contributed by atoms with E-state index in [2.05, 4.69) is 10.3 Å². The lowest BCUT2D eigenvalue weighted by Gasteiger charge is -2.11. The molecule has 0 bridgehead atoms. The molecular weight excluding hydrogens is 371 g/mol. The van der Waals surface area contributed by atoms with Gasteiger partial charge in [-0.25, -0.2) is 14.4 Å². The van der Waals surface area contributed by atoms with Gasteiger partial charge in [0.2, 0.25) is 5.91 Å². The van der Waals surface area contributed by atoms with E-state index in [9.17, 15) is 9.18 Å². The SMILES string of the molecule is O=C(CCCc1nc2cccnc2n1Cc1ccc(F)cc1)NC[C@@H]1CCCO1. The molecule has 0 radical (unpaired) electrons. The van der Waals surface area contributed by atoms with Gasteiger partial charge in [-0.1, -0.05) is 12.1 Å². The fourth-order valence-electron chi connectivity index (χ4n) is 3.66. The summed E-state index contributed by atoms with van der Waals surface area (Å²) in [4.78, 5) is 21.3. The van der Waals surface area contributed by atoms with Crippen molar-refractivity contribution in [1.29, 1.82) is 0 Å². The van der Waals surface area contributed by atoms with Crippen molar-refractivity contribution in [2.75, 3.05) is 13.2 Å². The Balaban J connectivity index is 1.39. The number of pyridine rings is 1. The topological polar surface area (TPSA) is 69.0 Å². The molecule has 29 heavy (non-hydrogen) atoms. The van der Waals surface area contributed by atoms with E-state index in [1.807, 2.05) is 16.7 Å². The summed E-state index contributed by atoms with van der Waals surface area (Å²) < 4.78 is 20.8. The number of carbonyl (C=O) groups excluding carboxylic acids is 1. The van der Waals surface area contributed by atoms with Crippen LogP contribution in [0.15, 0.2) is 42.6 Å². The lowest BCUT2D eigenvalue weighted by molar-refractivity contribution is -0.121. The van der Waals surface area contributed by atoms with Gasteiger partial charge < -0.3 is 14.6 Å². The quantitative estimate of drug-likeness (QED) is 0.635. The number of halogens is 1. The average Bonchev–Trinajstić information content (AvgIpc) is 3.37. The molecule has 0 saturated carbocycles. The van der Waals surface area contributed by atoms with E-state index in [0.717, 1.165) is 42.0 Å². The first kappa shape index (κ1) is 19.5. The molecule has 1 amide bonds. The van der Waals surface area contributed by atoms with Crippen LogP contribution in [0.3, 0.4) is 0 Å². The van der Waals surface area contributed by atoms with Crippen molar-refractivity contribution < 1.29 is 13.9 Å². The van der Waals surface area contributed by atoms with Crippen molar-refractivity contribution in [3.05, 3.63) is 59.8 Å². The number of carbonyl (C=O) groups is 1. The molecule has 1 N–H and O–H groups in total. The maximum absolute atomic E-state index is 13.2. The minimum Gasteiger partial charge on any atom is -0.376 e. The number of nitrogens with one attached hydrogen (secondary N) is 1. The second-order valence-electron chi connectivity index (χ2n) is 7.38. The standard InChI is InChI=1S/C22H25FN4O2/c23-17-10-8-16(9-11-17)15-27-20(26-19-5-2-12-24-22(19)27)6-1-7-21(28)25-14-18-4-3-13-29-18/h2,5,8-12,18H,1,3-4,6-7,13-15H2,(H,25,28)/t18-/m0/s1. The lowest BCUT2D eigenvalue weighted by atomic mass is 10.2. The Kier molecular flexibility index (Phi) is 6.14. The van der Waals surface area contributed by atoms with E-state index in [-0.39, 0.29) is 17.8 Å². The van der Waals surface area contributed by atoms with Crippen LogP contribution in [-0.2, 0) is 22.5 Å². The molecule has 3 heterocycles. The molecule has 4 rings (SSSR count).